The summed E-state index contributed by atoms with van der Waals surface area (Å²) in [6.45, 7) is 6.92. The first-order valence-corrected chi connectivity index (χ1v) is 7.64. The molecule has 18 heavy (non-hydrogen) atoms. The van der Waals surface area contributed by atoms with Crippen molar-refractivity contribution in [1.82, 2.24) is 0 Å². The van der Waals surface area contributed by atoms with Crippen molar-refractivity contribution in [3.8, 4) is 5.06 Å². The van der Waals surface area contributed by atoms with Crippen LogP contribution in [0.4, 0.5) is 0 Å². The van der Waals surface area contributed by atoms with Gasteiger partial charge in [-0.25, -0.2) is 0 Å². The first-order valence-electron chi connectivity index (χ1n) is 6.83. The van der Waals surface area contributed by atoms with Gasteiger partial charge in [0.15, 0.2) is 5.06 Å². The van der Waals surface area contributed by atoms with E-state index in [9.17, 15) is 0 Å². The number of rotatable bonds is 9. The Balaban J connectivity index is 2.18. The van der Waals surface area contributed by atoms with E-state index in [2.05, 4.69) is 26.8 Å². The van der Waals surface area contributed by atoms with Crippen LogP contribution >= 0.6 is 11.3 Å². The van der Waals surface area contributed by atoms with Crippen molar-refractivity contribution in [1.29, 1.82) is 0 Å². The van der Waals surface area contributed by atoms with Crippen molar-refractivity contribution in [2.24, 2.45) is 11.8 Å². The maximum absolute atomic E-state index is 8.55. The Morgan fingerprint density at radius 1 is 1.22 bits per heavy atom. The Morgan fingerprint density at radius 2 is 2.00 bits per heavy atom. The van der Waals surface area contributed by atoms with Crippen molar-refractivity contribution >= 4 is 19.0 Å². The molecule has 4 heteroatoms. The van der Waals surface area contributed by atoms with E-state index >= 15 is 0 Å². The Labute approximate surface area is 116 Å². The zero-order chi connectivity index (χ0) is 13.4. The van der Waals surface area contributed by atoms with Gasteiger partial charge in [-0.1, -0.05) is 40.0 Å². The van der Waals surface area contributed by atoms with Crippen molar-refractivity contribution in [3.63, 3.8) is 0 Å². The van der Waals surface area contributed by atoms with E-state index in [4.69, 9.17) is 9.68 Å². The molecule has 0 bridgehead atoms. The summed E-state index contributed by atoms with van der Waals surface area (Å²) < 4.78 is 4.93. The van der Waals surface area contributed by atoms with E-state index in [1.807, 2.05) is 6.07 Å². The van der Waals surface area contributed by atoms with Crippen LogP contribution in [-0.2, 0) is 6.42 Å². The van der Waals surface area contributed by atoms with E-state index in [1.165, 1.54) is 30.6 Å². The molecule has 1 radical (unpaired) electrons. The molecule has 1 aromatic heterocycles. The molecule has 1 aromatic rings. The van der Waals surface area contributed by atoms with E-state index in [0.717, 1.165) is 31.0 Å². The smallest absolute Gasteiger partial charge is 0.530 e. The molecule has 1 atom stereocenters. The maximum Gasteiger partial charge on any atom is 0.569 e. The molecule has 0 saturated heterocycles. The second-order valence-electron chi connectivity index (χ2n) is 5.41. The fraction of sp³-hybridized carbons (Fsp3) is 0.714. The van der Waals surface area contributed by atoms with Crippen LogP contribution in [0.15, 0.2) is 12.1 Å². The Kier molecular flexibility index (Phi) is 7.44. The molecule has 1 N–H and O–H groups in total. The lowest BCUT2D eigenvalue weighted by atomic mass is 9.96. The predicted octanol–water partition coefficient (Wildman–Crippen LogP) is 4.05. The molecule has 0 amide bonds. The minimum Gasteiger partial charge on any atom is -0.530 e. The fourth-order valence-electron chi connectivity index (χ4n) is 2.02. The minimum atomic E-state index is 0.740. The van der Waals surface area contributed by atoms with Crippen LogP contribution in [0, 0.1) is 11.8 Å². The quantitative estimate of drug-likeness (QED) is 0.684. The molecule has 0 aliphatic carbocycles. The van der Waals surface area contributed by atoms with Crippen LogP contribution in [0.5, 0.6) is 5.06 Å². The number of hydrogen-bond acceptors (Lipinski definition) is 3. The van der Waals surface area contributed by atoms with Gasteiger partial charge in [-0.3, -0.25) is 0 Å². The zero-order valence-electron chi connectivity index (χ0n) is 11.7. The summed E-state index contributed by atoms with van der Waals surface area (Å²) in [5.74, 6) is 1.61. The summed E-state index contributed by atoms with van der Waals surface area (Å²) in [6.07, 6.45) is 6.37. The third-order valence-electron chi connectivity index (χ3n) is 3.17. The molecule has 2 nitrogen and oxygen atoms in total. The van der Waals surface area contributed by atoms with Crippen LogP contribution in [-0.4, -0.2) is 12.7 Å². The summed E-state index contributed by atoms with van der Waals surface area (Å²) in [4.78, 5) is 1.34. The second-order valence-corrected chi connectivity index (χ2v) is 6.54. The summed E-state index contributed by atoms with van der Waals surface area (Å²) in [6, 6.07) is 4.00. The Morgan fingerprint density at radius 3 is 2.67 bits per heavy atom. The summed E-state index contributed by atoms with van der Waals surface area (Å²) in [7, 11) is 0.740. The maximum atomic E-state index is 8.55. The van der Waals surface area contributed by atoms with Crippen molar-refractivity contribution in [2.75, 3.05) is 0 Å². The van der Waals surface area contributed by atoms with Crippen LogP contribution in [0.25, 0.3) is 0 Å². The number of hydrogen-bond donors (Lipinski definition) is 1. The van der Waals surface area contributed by atoms with Gasteiger partial charge in [0.05, 0.1) is 0 Å². The normalized spacial score (nSPS) is 12.7. The van der Waals surface area contributed by atoms with Crippen molar-refractivity contribution in [2.45, 2.75) is 52.9 Å². The third kappa shape index (κ3) is 6.46. The van der Waals surface area contributed by atoms with Gasteiger partial charge in [0, 0.05) is 4.88 Å². The Bertz CT molecular complexity index is 325. The zero-order valence-corrected chi connectivity index (χ0v) is 12.5. The molecular weight excluding hydrogens is 243 g/mol. The molecule has 1 rings (SSSR count). The monoisotopic (exact) mass is 267 g/mol. The van der Waals surface area contributed by atoms with E-state index < -0.39 is 0 Å². The molecule has 1 heterocycles. The largest absolute Gasteiger partial charge is 0.569 e. The van der Waals surface area contributed by atoms with E-state index in [-0.39, 0.29) is 0 Å². The molecule has 0 aliphatic heterocycles. The predicted molar refractivity (Wildman–Crippen MR) is 79.1 cm³/mol. The standard InChI is InChI=1S/C14H24BO2S/c1-11(2)5-4-6-12(3)7-8-13-9-10-14(18-13)17-15-16/h9-12,16H,4-8H2,1-3H3. The van der Waals surface area contributed by atoms with Gasteiger partial charge >= 0.3 is 7.69 Å². The van der Waals surface area contributed by atoms with Gasteiger partial charge in [-0.2, -0.15) is 0 Å². The molecule has 0 spiro atoms. The van der Waals surface area contributed by atoms with E-state index in [1.54, 1.807) is 11.3 Å². The molecule has 0 aromatic carbocycles. The average molecular weight is 267 g/mol. The number of thiophene rings is 1. The van der Waals surface area contributed by atoms with Gasteiger partial charge in [-0.15, -0.1) is 11.3 Å². The molecule has 0 saturated carbocycles. The lowest BCUT2D eigenvalue weighted by Gasteiger charge is -2.11. The van der Waals surface area contributed by atoms with Crippen LogP contribution in [0.2, 0.25) is 0 Å². The molecule has 101 valence electrons. The summed E-state index contributed by atoms with van der Waals surface area (Å²) in [5, 5.41) is 9.31. The first kappa shape index (κ1) is 15.6. The first-order chi connectivity index (χ1) is 8.61. The lowest BCUT2D eigenvalue weighted by molar-refractivity contribution is 0.437. The fourth-order valence-corrected chi connectivity index (χ4v) is 2.86. The van der Waals surface area contributed by atoms with Gasteiger partial charge < -0.3 is 9.68 Å². The third-order valence-corrected chi connectivity index (χ3v) is 4.20. The highest BCUT2D eigenvalue weighted by molar-refractivity contribution is 7.13. The molecule has 1 unspecified atom stereocenters. The SMILES string of the molecule is CC(C)CCCC(C)CCc1ccc(O[B]O)s1. The van der Waals surface area contributed by atoms with Gasteiger partial charge in [0.1, 0.15) is 0 Å². The van der Waals surface area contributed by atoms with Crippen LogP contribution in [0.3, 0.4) is 0 Å². The van der Waals surface area contributed by atoms with Crippen LogP contribution in [0.1, 0.15) is 51.3 Å². The summed E-state index contributed by atoms with van der Waals surface area (Å²) in [5.41, 5.74) is 0. The topological polar surface area (TPSA) is 29.5 Å². The minimum absolute atomic E-state index is 0.740. The second kappa shape index (κ2) is 8.60. The highest BCUT2D eigenvalue weighted by atomic mass is 32.1. The summed E-state index contributed by atoms with van der Waals surface area (Å²) >= 11 is 1.61. The molecule has 0 fully saturated rings. The lowest BCUT2D eigenvalue weighted by Crippen LogP contribution is -1.98. The van der Waals surface area contributed by atoms with E-state index in [0.29, 0.717) is 0 Å². The van der Waals surface area contributed by atoms with Gasteiger partial charge in [-0.05, 0) is 36.8 Å². The Hall–Kier alpha value is -0.475. The van der Waals surface area contributed by atoms with Gasteiger partial charge in [0.2, 0.25) is 0 Å². The molecular formula is C14H24BO2S. The molecule has 0 aliphatic rings. The number of aryl methyl sites for hydroxylation is 1. The highest BCUT2D eigenvalue weighted by Crippen LogP contribution is 2.26. The highest BCUT2D eigenvalue weighted by Gasteiger charge is 2.06. The van der Waals surface area contributed by atoms with Crippen LogP contribution < -0.4 is 4.65 Å². The van der Waals surface area contributed by atoms with Crippen molar-refractivity contribution in [3.05, 3.63) is 17.0 Å². The van der Waals surface area contributed by atoms with Crippen molar-refractivity contribution < 1.29 is 9.68 Å². The van der Waals surface area contributed by atoms with Gasteiger partial charge in [0.25, 0.3) is 0 Å². The average Bonchev–Trinajstić information content (AvgIpc) is 2.74.